The van der Waals surface area contributed by atoms with Crippen LogP contribution in [0.3, 0.4) is 0 Å². The van der Waals surface area contributed by atoms with Gasteiger partial charge in [-0.3, -0.25) is 4.98 Å². The number of nitrogens with one attached hydrogen (secondary N) is 1. The zero-order valence-electron chi connectivity index (χ0n) is 10.7. The topological polar surface area (TPSA) is 24.9 Å². The molecule has 1 unspecified atom stereocenters. The van der Waals surface area contributed by atoms with E-state index < -0.39 is 0 Å². The Kier molecular flexibility index (Phi) is 4.05. The number of nitrogens with zero attached hydrogens (tertiary/aromatic N) is 1. The lowest BCUT2D eigenvalue weighted by Crippen LogP contribution is -2.23. The van der Waals surface area contributed by atoms with Crippen molar-refractivity contribution in [2.45, 2.75) is 19.9 Å². The standard InChI is InChI=1S/C15H17FN2/c1-3-18-15(12-8-13(16)10-17-9-12)14-7-5-4-6-11(14)2/h4-10,15,18H,3H2,1-2H3. The van der Waals surface area contributed by atoms with E-state index in [2.05, 4.69) is 29.4 Å². The number of rotatable bonds is 4. The van der Waals surface area contributed by atoms with Crippen molar-refractivity contribution in [2.24, 2.45) is 0 Å². The SMILES string of the molecule is CCNC(c1cncc(F)c1)c1ccccc1C. The predicted octanol–water partition coefficient (Wildman–Crippen LogP) is 3.23. The maximum Gasteiger partial charge on any atom is 0.141 e. The van der Waals surface area contributed by atoms with Crippen molar-refractivity contribution in [1.82, 2.24) is 10.3 Å². The van der Waals surface area contributed by atoms with Crippen LogP contribution in [0.5, 0.6) is 0 Å². The predicted molar refractivity (Wildman–Crippen MR) is 70.9 cm³/mol. The van der Waals surface area contributed by atoms with Gasteiger partial charge in [0.2, 0.25) is 0 Å². The van der Waals surface area contributed by atoms with Gasteiger partial charge in [-0.25, -0.2) is 4.39 Å². The average Bonchev–Trinajstić information content (AvgIpc) is 2.37. The summed E-state index contributed by atoms with van der Waals surface area (Å²) in [5.41, 5.74) is 3.20. The fraction of sp³-hybridized carbons (Fsp3) is 0.267. The van der Waals surface area contributed by atoms with Gasteiger partial charge in [0.05, 0.1) is 12.2 Å². The number of aromatic nitrogens is 1. The average molecular weight is 244 g/mol. The normalized spacial score (nSPS) is 12.4. The lowest BCUT2D eigenvalue weighted by atomic mass is 9.96. The highest BCUT2D eigenvalue weighted by atomic mass is 19.1. The number of pyridine rings is 1. The molecule has 1 N–H and O–H groups in total. The van der Waals surface area contributed by atoms with Gasteiger partial charge in [-0.2, -0.15) is 0 Å². The van der Waals surface area contributed by atoms with Crippen molar-refractivity contribution >= 4 is 0 Å². The molecule has 2 aromatic rings. The summed E-state index contributed by atoms with van der Waals surface area (Å²) in [6.07, 6.45) is 2.94. The lowest BCUT2D eigenvalue weighted by molar-refractivity contribution is 0.595. The Morgan fingerprint density at radius 1 is 1.28 bits per heavy atom. The van der Waals surface area contributed by atoms with Crippen molar-refractivity contribution in [3.8, 4) is 0 Å². The number of hydrogen-bond acceptors (Lipinski definition) is 2. The van der Waals surface area contributed by atoms with E-state index in [0.29, 0.717) is 0 Å². The first-order valence-electron chi connectivity index (χ1n) is 6.11. The molecule has 0 fully saturated rings. The van der Waals surface area contributed by atoms with E-state index in [-0.39, 0.29) is 11.9 Å². The molecule has 1 heterocycles. The van der Waals surface area contributed by atoms with Crippen molar-refractivity contribution in [3.63, 3.8) is 0 Å². The van der Waals surface area contributed by atoms with Crippen molar-refractivity contribution in [2.75, 3.05) is 6.54 Å². The molecule has 1 atom stereocenters. The zero-order valence-corrected chi connectivity index (χ0v) is 10.7. The highest BCUT2D eigenvalue weighted by molar-refractivity contribution is 5.35. The maximum atomic E-state index is 13.3. The van der Waals surface area contributed by atoms with Crippen LogP contribution in [-0.4, -0.2) is 11.5 Å². The van der Waals surface area contributed by atoms with E-state index >= 15 is 0 Å². The van der Waals surface area contributed by atoms with Gasteiger partial charge in [0, 0.05) is 6.20 Å². The van der Waals surface area contributed by atoms with E-state index in [4.69, 9.17) is 0 Å². The Bertz CT molecular complexity index is 525. The van der Waals surface area contributed by atoms with Gasteiger partial charge in [0.25, 0.3) is 0 Å². The molecule has 0 bridgehead atoms. The Morgan fingerprint density at radius 3 is 2.72 bits per heavy atom. The van der Waals surface area contributed by atoms with E-state index in [9.17, 15) is 4.39 Å². The van der Waals surface area contributed by atoms with Crippen LogP contribution in [0, 0.1) is 12.7 Å². The summed E-state index contributed by atoms with van der Waals surface area (Å²) < 4.78 is 13.3. The first-order valence-corrected chi connectivity index (χ1v) is 6.11. The summed E-state index contributed by atoms with van der Waals surface area (Å²) in [6, 6.07) is 9.65. The summed E-state index contributed by atoms with van der Waals surface area (Å²) in [5.74, 6) is -0.302. The van der Waals surface area contributed by atoms with Gasteiger partial charge in [0.15, 0.2) is 0 Å². The molecule has 0 spiro atoms. The fourth-order valence-electron chi connectivity index (χ4n) is 2.11. The molecular formula is C15H17FN2. The smallest absolute Gasteiger partial charge is 0.141 e. The third kappa shape index (κ3) is 2.74. The minimum atomic E-state index is -0.302. The number of benzene rings is 1. The van der Waals surface area contributed by atoms with Crippen LogP contribution in [0.1, 0.15) is 29.7 Å². The highest BCUT2D eigenvalue weighted by Gasteiger charge is 2.15. The van der Waals surface area contributed by atoms with Crippen LogP contribution in [0.2, 0.25) is 0 Å². The third-order valence-corrected chi connectivity index (χ3v) is 2.97. The third-order valence-electron chi connectivity index (χ3n) is 2.97. The molecular weight excluding hydrogens is 227 g/mol. The van der Waals surface area contributed by atoms with Crippen molar-refractivity contribution in [1.29, 1.82) is 0 Å². The second kappa shape index (κ2) is 5.74. The molecule has 0 saturated carbocycles. The van der Waals surface area contributed by atoms with Crippen LogP contribution in [0.25, 0.3) is 0 Å². The first-order chi connectivity index (χ1) is 8.72. The molecule has 0 amide bonds. The minimum absolute atomic E-state index is 0.0144. The molecule has 18 heavy (non-hydrogen) atoms. The van der Waals surface area contributed by atoms with Gasteiger partial charge in [0.1, 0.15) is 5.82 Å². The number of halogens is 1. The van der Waals surface area contributed by atoms with E-state index in [1.165, 1.54) is 17.8 Å². The number of aryl methyl sites for hydroxylation is 1. The summed E-state index contributed by atoms with van der Waals surface area (Å²) in [7, 11) is 0. The molecule has 94 valence electrons. The molecule has 2 nitrogen and oxygen atoms in total. The summed E-state index contributed by atoms with van der Waals surface area (Å²) in [6.45, 7) is 4.92. The quantitative estimate of drug-likeness (QED) is 0.893. The molecule has 0 aliphatic carbocycles. The molecule has 2 rings (SSSR count). The van der Waals surface area contributed by atoms with Crippen LogP contribution < -0.4 is 5.32 Å². The Morgan fingerprint density at radius 2 is 2.06 bits per heavy atom. The highest BCUT2D eigenvalue weighted by Crippen LogP contribution is 2.24. The van der Waals surface area contributed by atoms with Crippen molar-refractivity contribution in [3.05, 3.63) is 65.2 Å². The largest absolute Gasteiger partial charge is 0.306 e. The summed E-state index contributed by atoms with van der Waals surface area (Å²) >= 11 is 0. The van der Waals surface area contributed by atoms with Crippen LogP contribution in [0.4, 0.5) is 4.39 Å². The molecule has 0 aliphatic heterocycles. The van der Waals surface area contributed by atoms with E-state index in [1.807, 2.05) is 19.1 Å². The first kappa shape index (κ1) is 12.7. The van der Waals surface area contributed by atoms with Gasteiger partial charge in [-0.15, -0.1) is 0 Å². The van der Waals surface area contributed by atoms with Crippen molar-refractivity contribution < 1.29 is 4.39 Å². The lowest BCUT2D eigenvalue weighted by Gasteiger charge is -2.20. The van der Waals surface area contributed by atoms with E-state index in [0.717, 1.165) is 17.7 Å². The van der Waals surface area contributed by atoms with Gasteiger partial charge < -0.3 is 5.32 Å². The number of hydrogen-bond donors (Lipinski definition) is 1. The molecule has 1 aromatic carbocycles. The fourth-order valence-corrected chi connectivity index (χ4v) is 2.11. The molecule has 3 heteroatoms. The zero-order chi connectivity index (χ0) is 13.0. The van der Waals surface area contributed by atoms with Gasteiger partial charge >= 0.3 is 0 Å². The molecule has 0 aliphatic rings. The molecule has 1 aromatic heterocycles. The monoisotopic (exact) mass is 244 g/mol. The summed E-state index contributed by atoms with van der Waals surface area (Å²) in [5, 5.41) is 3.38. The second-order valence-electron chi connectivity index (χ2n) is 4.28. The van der Waals surface area contributed by atoms with Gasteiger partial charge in [-0.1, -0.05) is 31.2 Å². The van der Waals surface area contributed by atoms with Crippen LogP contribution >= 0.6 is 0 Å². The minimum Gasteiger partial charge on any atom is -0.306 e. The summed E-state index contributed by atoms with van der Waals surface area (Å²) in [4.78, 5) is 3.93. The van der Waals surface area contributed by atoms with Gasteiger partial charge in [-0.05, 0) is 36.2 Å². The van der Waals surface area contributed by atoms with E-state index in [1.54, 1.807) is 6.20 Å². The molecule has 0 saturated heterocycles. The Hall–Kier alpha value is -1.74. The Labute approximate surface area is 107 Å². The van der Waals surface area contributed by atoms with Crippen LogP contribution in [0.15, 0.2) is 42.7 Å². The molecule has 0 radical (unpaired) electrons. The van der Waals surface area contributed by atoms with Crippen LogP contribution in [-0.2, 0) is 0 Å². The second-order valence-corrected chi connectivity index (χ2v) is 4.28. The maximum absolute atomic E-state index is 13.3. The Balaban J connectivity index is 2.43.